The topological polar surface area (TPSA) is 215 Å². The number of rotatable bonds is 12. The average molecular weight is 457 g/mol. The number of para-hydroxylation sites is 1. The molecule has 0 heterocycles. The van der Waals surface area contributed by atoms with Gasteiger partial charge >= 0.3 is 23.5 Å². The molecule has 2 unspecified atom stereocenters. The van der Waals surface area contributed by atoms with E-state index in [1.54, 1.807) is 0 Å². The molecular weight excluding hydrogens is 451 g/mol. The summed E-state index contributed by atoms with van der Waals surface area (Å²) >= 11 is 0. The van der Waals surface area contributed by atoms with Gasteiger partial charge in [-0.1, -0.05) is 18.2 Å². The van der Waals surface area contributed by atoms with E-state index in [9.17, 15) is 33.0 Å². The fourth-order valence-electron chi connectivity index (χ4n) is 1.17. The normalized spacial score (nSPS) is 16.2. The van der Waals surface area contributed by atoms with Crippen molar-refractivity contribution in [2.24, 2.45) is 15.5 Å². The summed E-state index contributed by atoms with van der Waals surface area (Å²) in [6, 6.07) is 6.49. The molecule has 0 fully saturated rings. The van der Waals surface area contributed by atoms with Gasteiger partial charge in [-0.2, -0.15) is 8.62 Å². The molecule has 0 radical (unpaired) electrons. The first-order valence-electron chi connectivity index (χ1n) is 6.15. The lowest BCUT2D eigenvalue weighted by Crippen LogP contribution is -2.03. The smallest absolute Gasteiger partial charge is 0.403 e. The Bertz CT molecular complexity index is 940. The molecule has 0 amide bonds. The van der Waals surface area contributed by atoms with Crippen molar-refractivity contribution in [1.82, 2.24) is 0 Å². The van der Waals surface area contributed by atoms with Gasteiger partial charge in [0.05, 0.1) is 0 Å². The first-order chi connectivity index (χ1) is 13.2. The van der Waals surface area contributed by atoms with Crippen LogP contribution >= 0.6 is 23.5 Å². The van der Waals surface area contributed by atoms with Crippen LogP contribution in [-0.4, -0.2) is 23.1 Å². The van der Waals surface area contributed by atoms with E-state index in [1.165, 1.54) is 18.2 Å². The molecule has 1 rings (SSSR count). The van der Waals surface area contributed by atoms with Gasteiger partial charge in [0.25, 0.3) is 18.2 Å². The van der Waals surface area contributed by atoms with Crippen molar-refractivity contribution in [1.29, 1.82) is 0 Å². The zero-order valence-corrected chi connectivity index (χ0v) is 15.6. The van der Waals surface area contributed by atoms with Gasteiger partial charge in [0.1, 0.15) is 5.75 Å². The molecule has 150 valence electrons. The second kappa shape index (κ2) is 10.5. The Morgan fingerprint density at radius 2 is 1.25 bits per heavy atom. The second-order valence-electron chi connectivity index (χ2n) is 3.72. The molecule has 2 atom stereocenters. The molecule has 1 aromatic carbocycles. The summed E-state index contributed by atoms with van der Waals surface area (Å²) in [6.07, 6.45) is 2.18. The lowest BCUT2D eigenvalue weighted by Gasteiger charge is -2.20. The maximum atomic E-state index is 12.7. The number of benzene rings is 1. The van der Waals surface area contributed by atoms with E-state index >= 15 is 0 Å². The lowest BCUT2D eigenvalue weighted by molar-refractivity contribution is 0.140. The Morgan fingerprint density at radius 1 is 0.750 bits per heavy atom. The molecule has 28 heavy (non-hydrogen) atoms. The van der Waals surface area contributed by atoms with Crippen LogP contribution in [0.2, 0.25) is 0 Å². The molecule has 1 aromatic rings. The van der Waals surface area contributed by atoms with Crippen LogP contribution in [-0.2, 0) is 50.6 Å². The van der Waals surface area contributed by atoms with Gasteiger partial charge in [0.2, 0.25) is 0 Å². The van der Waals surface area contributed by atoms with Crippen LogP contribution in [0, 0.1) is 0 Å². The molecule has 16 nitrogen and oxygen atoms in total. The summed E-state index contributed by atoms with van der Waals surface area (Å²) in [7, 11) is -16.4. The summed E-state index contributed by atoms with van der Waals surface area (Å²) in [6.45, 7) is 0. The zero-order chi connectivity index (χ0) is 21.1. The van der Waals surface area contributed by atoms with Crippen LogP contribution in [0.3, 0.4) is 0 Å². The van der Waals surface area contributed by atoms with Crippen molar-refractivity contribution >= 4 is 41.7 Å². The van der Waals surface area contributed by atoms with E-state index < -0.39 is 23.5 Å². The minimum absolute atomic E-state index is 0.339. The van der Waals surface area contributed by atoms with Crippen LogP contribution < -0.4 is 4.52 Å². The SMILES string of the molecule is O=C=NOP(=O)(O)OP(=O)(Oc1ccccc1)OP(=O)(ON=C=O)ON=C=O. The number of hydrogen-bond donors (Lipinski definition) is 1. The van der Waals surface area contributed by atoms with Gasteiger partial charge in [-0.25, -0.2) is 28.1 Å². The molecule has 0 bridgehead atoms. The Balaban J connectivity index is 3.30. The van der Waals surface area contributed by atoms with E-state index in [4.69, 9.17) is 4.52 Å². The Hall–Kier alpha value is -2.87. The van der Waals surface area contributed by atoms with E-state index in [1.807, 2.05) is 0 Å². The van der Waals surface area contributed by atoms with Gasteiger partial charge in [-0.3, -0.25) is 18.8 Å². The standard InChI is InChI=1S/C9H6N3O13P3/c13-6-10-21-26(16,17)24-27(18,20-9-4-2-1-3-5-9)25-28(19,22-11-7-14)23-12-8-15/h1-5H,(H,16,17). The van der Waals surface area contributed by atoms with E-state index in [2.05, 4.69) is 38.0 Å². The number of phosphoric acid groups is 3. The molecule has 0 aliphatic heterocycles. The highest BCUT2D eigenvalue weighted by Gasteiger charge is 2.50. The van der Waals surface area contributed by atoms with Gasteiger partial charge in [0.15, 0.2) is 0 Å². The highest BCUT2D eigenvalue weighted by molar-refractivity contribution is 7.67. The van der Waals surface area contributed by atoms with Crippen LogP contribution in [0.15, 0.2) is 45.8 Å². The Kier molecular flexibility index (Phi) is 8.66. The first-order valence-corrected chi connectivity index (χ1v) is 10.6. The molecule has 0 spiro atoms. The maximum Gasteiger partial charge on any atom is 0.640 e. The van der Waals surface area contributed by atoms with Crippen LogP contribution in [0.5, 0.6) is 5.75 Å². The Morgan fingerprint density at radius 3 is 1.75 bits per heavy atom. The quantitative estimate of drug-likeness (QED) is 0.206. The number of hydrogen-bond acceptors (Lipinski definition) is 15. The number of nitrogens with zero attached hydrogens (tertiary/aromatic N) is 3. The van der Waals surface area contributed by atoms with E-state index in [-0.39, 0.29) is 5.75 Å². The summed E-state index contributed by atoms with van der Waals surface area (Å²) in [4.78, 5) is 39.5. The van der Waals surface area contributed by atoms with Gasteiger partial charge in [-0.05, 0) is 12.1 Å². The van der Waals surface area contributed by atoms with Crippen molar-refractivity contribution in [2.75, 3.05) is 0 Å². The van der Waals surface area contributed by atoms with Crippen molar-refractivity contribution < 1.29 is 60.0 Å². The van der Waals surface area contributed by atoms with Crippen LogP contribution in [0.4, 0.5) is 0 Å². The first kappa shape index (κ1) is 23.2. The fraction of sp³-hybridized carbons (Fsp3) is 0. The molecule has 1 N–H and O–H groups in total. The monoisotopic (exact) mass is 457 g/mol. The summed E-state index contributed by atoms with van der Waals surface area (Å²) < 4.78 is 61.2. The molecular formula is C9H6N3O13P3. The molecule has 0 aromatic heterocycles. The maximum absolute atomic E-state index is 12.7. The molecule has 19 heteroatoms. The third kappa shape index (κ3) is 8.22. The highest BCUT2D eigenvalue weighted by Crippen LogP contribution is 2.71. The van der Waals surface area contributed by atoms with Crippen molar-refractivity contribution in [3.63, 3.8) is 0 Å². The predicted octanol–water partition coefficient (Wildman–Crippen LogP) is 2.22. The Labute approximate surface area is 154 Å². The van der Waals surface area contributed by atoms with Crippen LogP contribution in [0.25, 0.3) is 0 Å². The largest absolute Gasteiger partial charge is 0.640 e. The van der Waals surface area contributed by atoms with E-state index in [0.717, 1.165) is 24.3 Å². The zero-order valence-electron chi connectivity index (χ0n) is 12.9. The lowest BCUT2D eigenvalue weighted by atomic mass is 10.3. The van der Waals surface area contributed by atoms with Crippen molar-refractivity contribution in [3.05, 3.63) is 30.3 Å². The predicted molar refractivity (Wildman–Crippen MR) is 81.9 cm³/mol. The molecule has 0 saturated carbocycles. The van der Waals surface area contributed by atoms with Crippen molar-refractivity contribution in [2.45, 2.75) is 0 Å². The second-order valence-corrected chi connectivity index (χ2v) is 8.43. The van der Waals surface area contributed by atoms with Crippen molar-refractivity contribution in [3.8, 4) is 5.75 Å². The number of carbonyl (C=O) groups excluding carboxylic acids is 3. The fourth-order valence-corrected chi connectivity index (χ4v) is 4.98. The summed E-state index contributed by atoms with van der Waals surface area (Å²) in [5.41, 5.74) is 0. The molecule has 0 aliphatic rings. The molecule has 0 saturated heterocycles. The minimum atomic E-state index is -5.53. The minimum Gasteiger partial charge on any atom is -0.403 e. The highest BCUT2D eigenvalue weighted by atomic mass is 31.3. The third-order valence-electron chi connectivity index (χ3n) is 1.90. The van der Waals surface area contributed by atoms with Gasteiger partial charge in [-0.15, -0.1) is 0 Å². The third-order valence-corrected chi connectivity index (χ3v) is 6.41. The van der Waals surface area contributed by atoms with Gasteiger partial charge in [0, 0.05) is 15.5 Å². The molecule has 0 aliphatic carbocycles. The summed E-state index contributed by atoms with van der Waals surface area (Å²) in [5, 5.41) is 7.00. The summed E-state index contributed by atoms with van der Waals surface area (Å²) in [5.74, 6) is -0.339. The average Bonchev–Trinajstić information content (AvgIpc) is 2.63. The number of isocyanates is 3. The van der Waals surface area contributed by atoms with Crippen LogP contribution in [0.1, 0.15) is 0 Å². The van der Waals surface area contributed by atoms with E-state index in [0.29, 0.717) is 6.08 Å². The van der Waals surface area contributed by atoms with Gasteiger partial charge < -0.3 is 4.52 Å².